The van der Waals surface area contributed by atoms with Gasteiger partial charge in [0.25, 0.3) is 0 Å². The van der Waals surface area contributed by atoms with E-state index in [1.807, 2.05) is 30.3 Å². The molecule has 0 radical (unpaired) electrons. The predicted octanol–water partition coefficient (Wildman–Crippen LogP) is 4.25. The number of aliphatic imine (C=N–C) groups is 1. The average Bonchev–Trinajstić information content (AvgIpc) is 2.81. The van der Waals surface area contributed by atoms with Gasteiger partial charge in [0.15, 0.2) is 0 Å². The first-order chi connectivity index (χ1) is 9.61. The third-order valence-electron chi connectivity index (χ3n) is 2.91. The Balaban J connectivity index is 2.09. The van der Waals surface area contributed by atoms with Crippen molar-refractivity contribution >= 4 is 22.5 Å². The Bertz CT molecular complexity index is 801. The number of amidine groups is 1. The van der Waals surface area contributed by atoms with Crippen molar-refractivity contribution in [3.8, 4) is 11.3 Å². The molecule has 1 aromatic heterocycles. The van der Waals surface area contributed by atoms with Gasteiger partial charge in [-0.25, -0.2) is 9.38 Å². The highest BCUT2D eigenvalue weighted by Gasteiger charge is 2.07. The molecule has 0 aliphatic carbocycles. The van der Waals surface area contributed by atoms with E-state index in [1.54, 1.807) is 13.0 Å². The van der Waals surface area contributed by atoms with Crippen LogP contribution < -0.4 is 5.73 Å². The molecule has 2 aromatic carbocycles. The van der Waals surface area contributed by atoms with Gasteiger partial charge in [0.05, 0.1) is 11.5 Å². The molecule has 3 aromatic rings. The standard InChI is InChI=1S/C16H13FN2O/c1-10(18)19-14-5-6-15-12(8-14)9-16(20-15)11-3-2-4-13(17)7-11/h2-9H,1H3,(H2,18,19). The van der Waals surface area contributed by atoms with Crippen LogP contribution in [-0.4, -0.2) is 5.84 Å². The van der Waals surface area contributed by atoms with Crippen LogP contribution in [0.3, 0.4) is 0 Å². The minimum atomic E-state index is -0.285. The Kier molecular flexibility index (Phi) is 2.99. The van der Waals surface area contributed by atoms with Gasteiger partial charge in [0.2, 0.25) is 0 Å². The topological polar surface area (TPSA) is 51.5 Å². The maximum Gasteiger partial charge on any atom is 0.135 e. The van der Waals surface area contributed by atoms with Gasteiger partial charge in [0, 0.05) is 10.9 Å². The molecule has 0 fully saturated rings. The number of hydrogen-bond donors (Lipinski definition) is 1. The molecule has 20 heavy (non-hydrogen) atoms. The van der Waals surface area contributed by atoms with Crippen LogP contribution in [0.2, 0.25) is 0 Å². The number of benzene rings is 2. The number of halogens is 1. The second-order valence-corrected chi connectivity index (χ2v) is 4.60. The lowest BCUT2D eigenvalue weighted by molar-refractivity contribution is 0.618. The van der Waals surface area contributed by atoms with E-state index >= 15 is 0 Å². The number of furan rings is 1. The zero-order valence-corrected chi connectivity index (χ0v) is 10.9. The Morgan fingerprint density at radius 1 is 1.15 bits per heavy atom. The molecule has 0 aliphatic heterocycles. The van der Waals surface area contributed by atoms with E-state index in [2.05, 4.69) is 4.99 Å². The van der Waals surface area contributed by atoms with E-state index in [4.69, 9.17) is 10.2 Å². The molecule has 0 saturated heterocycles. The van der Waals surface area contributed by atoms with Crippen molar-refractivity contribution in [3.63, 3.8) is 0 Å². The third-order valence-corrected chi connectivity index (χ3v) is 2.91. The number of fused-ring (bicyclic) bond motifs is 1. The molecule has 0 bridgehead atoms. The Morgan fingerprint density at radius 2 is 2.00 bits per heavy atom. The fraction of sp³-hybridized carbons (Fsp3) is 0.0625. The van der Waals surface area contributed by atoms with Crippen LogP contribution in [0.25, 0.3) is 22.3 Å². The van der Waals surface area contributed by atoms with Gasteiger partial charge in [-0.1, -0.05) is 12.1 Å². The summed E-state index contributed by atoms with van der Waals surface area (Å²) < 4.78 is 19.0. The van der Waals surface area contributed by atoms with E-state index in [-0.39, 0.29) is 5.82 Å². The lowest BCUT2D eigenvalue weighted by Crippen LogP contribution is -2.03. The average molecular weight is 268 g/mol. The first-order valence-electron chi connectivity index (χ1n) is 6.22. The van der Waals surface area contributed by atoms with Gasteiger partial charge < -0.3 is 10.2 Å². The predicted molar refractivity (Wildman–Crippen MR) is 78.6 cm³/mol. The molecule has 0 amide bonds. The minimum Gasteiger partial charge on any atom is -0.456 e. The lowest BCUT2D eigenvalue weighted by Gasteiger charge is -1.95. The van der Waals surface area contributed by atoms with Crippen molar-refractivity contribution in [1.29, 1.82) is 0 Å². The molecule has 0 aliphatic rings. The highest BCUT2D eigenvalue weighted by atomic mass is 19.1. The van der Waals surface area contributed by atoms with E-state index in [0.29, 0.717) is 17.2 Å². The summed E-state index contributed by atoms with van der Waals surface area (Å²) in [6, 6.07) is 13.7. The first kappa shape index (κ1) is 12.4. The third kappa shape index (κ3) is 2.40. The van der Waals surface area contributed by atoms with Crippen molar-refractivity contribution in [2.45, 2.75) is 6.92 Å². The largest absolute Gasteiger partial charge is 0.456 e. The zero-order valence-electron chi connectivity index (χ0n) is 10.9. The van der Waals surface area contributed by atoms with E-state index in [0.717, 1.165) is 16.7 Å². The Morgan fingerprint density at radius 3 is 2.75 bits per heavy atom. The fourth-order valence-corrected chi connectivity index (χ4v) is 2.09. The maximum absolute atomic E-state index is 13.2. The van der Waals surface area contributed by atoms with Gasteiger partial charge in [-0.2, -0.15) is 0 Å². The van der Waals surface area contributed by atoms with Crippen molar-refractivity contribution < 1.29 is 8.81 Å². The summed E-state index contributed by atoms with van der Waals surface area (Å²) in [6.07, 6.45) is 0. The van der Waals surface area contributed by atoms with Crippen LogP contribution in [0.15, 0.2) is 57.9 Å². The van der Waals surface area contributed by atoms with Crippen molar-refractivity contribution in [1.82, 2.24) is 0 Å². The van der Waals surface area contributed by atoms with Crippen molar-refractivity contribution in [2.24, 2.45) is 10.7 Å². The highest BCUT2D eigenvalue weighted by molar-refractivity contribution is 5.87. The molecule has 0 unspecified atom stereocenters. The molecule has 3 nitrogen and oxygen atoms in total. The van der Waals surface area contributed by atoms with Crippen LogP contribution in [-0.2, 0) is 0 Å². The molecule has 100 valence electrons. The molecule has 2 N–H and O–H groups in total. The molecule has 0 saturated carbocycles. The van der Waals surface area contributed by atoms with Crippen molar-refractivity contribution in [3.05, 3.63) is 54.3 Å². The van der Waals surface area contributed by atoms with E-state index in [1.165, 1.54) is 12.1 Å². The first-order valence-corrected chi connectivity index (χ1v) is 6.22. The molecule has 1 heterocycles. The monoisotopic (exact) mass is 268 g/mol. The normalized spacial score (nSPS) is 12.0. The number of nitrogens with two attached hydrogens (primary N) is 1. The molecular weight excluding hydrogens is 255 g/mol. The minimum absolute atomic E-state index is 0.285. The van der Waals surface area contributed by atoms with Gasteiger partial charge in [-0.05, 0) is 43.3 Å². The van der Waals surface area contributed by atoms with Crippen LogP contribution in [0, 0.1) is 5.82 Å². The molecule has 3 rings (SSSR count). The van der Waals surface area contributed by atoms with Crippen LogP contribution in [0.1, 0.15) is 6.92 Å². The van der Waals surface area contributed by atoms with Gasteiger partial charge >= 0.3 is 0 Å². The highest BCUT2D eigenvalue weighted by Crippen LogP contribution is 2.30. The summed E-state index contributed by atoms with van der Waals surface area (Å²) in [5.41, 5.74) is 7.78. The molecule has 4 heteroatoms. The fourth-order valence-electron chi connectivity index (χ4n) is 2.09. The summed E-state index contributed by atoms with van der Waals surface area (Å²) >= 11 is 0. The maximum atomic E-state index is 13.2. The van der Waals surface area contributed by atoms with Gasteiger partial charge in [-0.15, -0.1) is 0 Å². The number of nitrogens with zero attached hydrogens (tertiary/aromatic N) is 1. The Hall–Kier alpha value is -2.62. The number of hydrogen-bond acceptors (Lipinski definition) is 2. The summed E-state index contributed by atoms with van der Waals surface area (Å²) in [5.74, 6) is 0.843. The summed E-state index contributed by atoms with van der Waals surface area (Å²) in [4.78, 5) is 4.20. The number of rotatable bonds is 2. The molecule has 0 spiro atoms. The second kappa shape index (κ2) is 4.81. The second-order valence-electron chi connectivity index (χ2n) is 4.60. The van der Waals surface area contributed by atoms with Crippen LogP contribution in [0.5, 0.6) is 0 Å². The lowest BCUT2D eigenvalue weighted by atomic mass is 10.1. The van der Waals surface area contributed by atoms with E-state index < -0.39 is 0 Å². The summed E-state index contributed by atoms with van der Waals surface area (Å²) in [6.45, 7) is 1.73. The Labute approximate surface area is 115 Å². The van der Waals surface area contributed by atoms with E-state index in [9.17, 15) is 4.39 Å². The summed E-state index contributed by atoms with van der Waals surface area (Å²) in [5, 5.41) is 0.909. The van der Waals surface area contributed by atoms with Gasteiger partial charge in [-0.3, -0.25) is 0 Å². The SMILES string of the molecule is CC(N)=Nc1ccc2oc(-c3cccc(F)c3)cc2c1. The quantitative estimate of drug-likeness (QED) is 0.558. The zero-order chi connectivity index (χ0) is 14.1. The smallest absolute Gasteiger partial charge is 0.135 e. The summed E-state index contributed by atoms with van der Waals surface area (Å²) in [7, 11) is 0. The van der Waals surface area contributed by atoms with Gasteiger partial charge in [0.1, 0.15) is 17.2 Å². The van der Waals surface area contributed by atoms with Crippen molar-refractivity contribution in [2.75, 3.05) is 0 Å². The van der Waals surface area contributed by atoms with Crippen LogP contribution in [0.4, 0.5) is 10.1 Å². The molecule has 0 atom stereocenters. The molecular formula is C16H13FN2O. The van der Waals surface area contributed by atoms with Crippen LogP contribution >= 0.6 is 0 Å².